The van der Waals surface area contributed by atoms with Gasteiger partial charge >= 0.3 is 0 Å². The fourth-order valence-electron chi connectivity index (χ4n) is 5.16. The maximum absolute atomic E-state index is 6.16. The first-order valence-corrected chi connectivity index (χ1v) is 12.7. The average Bonchev–Trinajstić information content (AvgIpc) is 3.49. The van der Waals surface area contributed by atoms with Crippen molar-refractivity contribution in [1.29, 1.82) is 0 Å². The van der Waals surface area contributed by atoms with E-state index in [4.69, 9.17) is 9.40 Å². The first kappa shape index (κ1) is 19.7. The summed E-state index contributed by atoms with van der Waals surface area (Å²) in [5.74, 6) is 0. The molecule has 3 nitrogen and oxygen atoms in total. The smallest absolute Gasteiger partial charge is 0.246 e. The van der Waals surface area contributed by atoms with Crippen LogP contribution in [0.3, 0.4) is 0 Å². The zero-order valence-corrected chi connectivity index (χ0v) is 19.9. The normalized spacial score (nSPS) is 11.9. The number of benzene rings is 5. The van der Waals surface area contributed by atoms with Crippen LogP contribution in [0.1, 0.15) is 0 Å². The largest absolute Gasteiger partial charge is 0.436 e. The molecular formula is C32H18N2OS. The SMILES string of the molecule is c1cc(-c2ccc3c(c2)oc2nc4ccccc4nc23)cc(-c2cccc3c2sc2ccccc23)c1. The quantitative estimate of drug-likeness (QED) is 0.248. The van der Waals surface area contributed by atoms with Crippen LogP contribution in [-0.2, 0) is 0 Å². The predicted molar refractivity (Wildman–Crippen MR) is 151 cm³/mol. The highest BCUT2D eigenvalue weighted by molar-refractivity contribution is 7.26. The highest BCUT2D eigenvalue weighted by atomic mass is 32.1. The maximum atomic E-state index is 6.16. The molecule has 0 radical (unpaired) electrons. The van der Waals surface area contributed by atoms with Gasteiger partial charge in [0, 0.05) is 25.6 Å². The number of fused-ring (bicyclic) bond motifs is 7. The van der Waals surface area contributed by atoms with Gasteiger partial charge in [0.15, 0.2) is 0 Å². The topological polar surface area (TPSA) is 38.9 Å². The first-order chi connectivity index (χ1) is 17.8. The number of hydrogen-bond acceptors (Lipinski definition) is 4. The van der Waals surface area contributed by atoms with Gasteiger partial charge < -0.3 is 4.42 Å². The van der Waals surface area contributed by atoms with E-state index >= 15 is 0 Å². The molecular weight excluding hydrogens is 460 g/mol. The summed E-state index contributed by atoms with van der Waals surface area (Å²) in [7, 11) is 0. The van der Waals surface area contributed by atoms with E-state index in [1.54, 1.807) is 0 Å². The summed E-state index contributed by atoms with van der Waals surface area (Å²) in [6.45, 7) is 0. The summed E-state index contributed by atoms with van der Waals surface area (Å²) in [5.41, 5.74) is 8.63. The molecule has 0 N–H and O–H groups in total. The fourth-order valence-corrected chi connectivity index (χ4v) is 6.40. The zero-order chi connectivity index (χ0) is 23.6. The lowest BCUT2D eigenvalue weighted by Crippen LogP contribution is -1.84. The Labute approximate surface area is 210 Å². The molecule has 8 rings (SSSR count). The van der Waals surface area contributed by atoms with Gasteiger partial charge in [0.2, 0.25) is 5.71 Å². The second-order valence-electron chi connectivity index (χ2n) is 9.04. The molecule has 168 valence electrons. The van der Waals surface area contributed by atoms with Crippen LogP contribution in [0, 0.1) is 0 Å². The first-order valence-electron chi connectivity index (χ1n) is 11.9. The predicted octanol–water partition coefficient (Wildman–Crippen LogP) is 9.23. The van der Waals surface area contributed by atoms with Crippen LogP contribution in [0.15, 0.2) is 114 Å². The summed E-state index contributed by atoms with van der Waals surface area (Å²) < 4.78 is 8.80. The molecule has 0 aliphatic rings. The summed E-state index contributed by atoms with van der Waals surface area (Å²) in [5, 5.41) is 3.62. The van der Waals surface area contributed by atoms with Crippen LogP contribution in [0.2, 0.25) is 0 Å². The molecule has 5 aromatic carbocycles. The minimum atomic E-state index is 0.575. The number of nitrogens with zero attached hydrogens (tertiary/aromatic N) is 2. The van der Waals surface area contributed by atoms with Crippen LogP contribution in [0.25, 0.3) is 75.7 Å². The Kier molecular flexibility index (Phi) is 4.10. The third-order valence-corrected chi connectivity index (χ3v) is 8.11. The van der Waals surface area contributed by atoms with Gasteiger partial charge in [-0.15, -0.1) is 11.3 Å². The van der Waals surface area contributed by atoms with Crippen molar-refractivity contribution in [1.82, 2.24) is 9.97 Å². The Bertz CT molecular complexity index is 2120. The van der Waals surface area contributed by atoms with Gasteiger partial charge in [-0.1, -0.05) is 72.8 Å². The molecule has 3 aromatic heterocycles. The minimum absolute atomic E-state index is 0.575. The molecule has 0 unspecified atom stereocenters. The Balaban J connectivity index is 1.28. The van der Waals surface area contributed by atoms with Crippen LogP contribution in [0.5, 0.6) is 0 Å². The zero-order valence-electron chi connectivity index (χ0n) is 19.1. The van der Waals surface area contributed by atoms with Crippen molar-refractivity contribution >= 4 is 64.7 Å². The van der Waals surface area contributed by atoms with Crippen molar-refractivity contribution in [3.8, 4) is 22.3 Å². The number of para-hydroxylation sites is 2. The van der Waals surface area contributed by atoms with E-state index in [1.165, 1.54) is 31.3 Å². The summed E-state index contributed by atoms with van der Waals surface area (Å²) in [6, 6.07) is 38.2. The van der Waals surface area contributed by atoms with E-state index in [-0.39, 0.29) is 0 Å². The number of rotatable bonds is 2. The fraction of sp³-hybridized carbons (Fsp3) is 0. The Morgan fingerprint density at radius 3 is 2.25 bits per heavy atom. The van der Waals surface area contributed by atoms with E-state index in [2.05, 4.69) is 89.9 Å². The summed E-state index contributed by atoms with van der Waals surface area (Å²) in [6.07, 6.45) is 0. The van der Waals surface area contributed by atoms with Crippen molar-refractivity contribution in [2.24, 2.45) is 0 Å². The second-order valence-corrected chi connectivity index (χ2v) is 10.1. The number of aromatic nitrogens is 2. The molecule has 36 heavy (non-hydrogen) atoms. The lowest BCUT2D eigenvalue weighted by Gasteiger charge is -2.07. The number of thiophene rings is 1. The van der Waals surface area contributed by atoms with Crippen molar-refractivity contribution in [2.45, 2.75) is 0 Å². The van der Waals surface area contributed by atoms with Crippen LogP contribution in [-0.4, -0.2) is 9.97 Å². The molecule has 4 heteroatoms. The standard InChI is InChI=1S/C32H18N2OS/c1-4-14-29-23(9-1)24-11-6-10-22(31(24)36-29)21-8-5-7-19(17-21)20-15-16-25-28(18-20)35-32-30(25)33-26-12-2-3-13-27(26)34-32/h1-18H. The molecule has 0 bridgehead atoms. The average molecular weight is 479 g/mol. The lowest BCUT2D eigenvalue weighted by atomic mass is 9.97. The monoisotopic (exact) mass is 478 g/mol. The van der Waals surface area contributed by atoms with Crippen molar-refractivity contribution < 1.29 is 4.42 Å². The molecule has 0 fully saturated rings. The van der Waals surface area contributed by atoms with Crippen LogP contribution in [0.4, 0.5) is 0 Å². The number of furan rings is 1. The van der Waals surface area contributed by atoms with Gasteiger partial charge in [-0.25, -0.2) is 9.97 Å². The van der Waals surface area contributed by atoms with Gasteiger partial charge in [0.05, 0.1) is 11.0 Å². The third kappa shape index (κ3) is 2.92. The molecule has 3 heterocycles. The van der Waals surface area contributed by atoms with E-state index in [0.717, 1.165) is 38.6 Å². The van der Waals surface area contributed by atoms with Gasteiger partial charge in [0.1, 0.15) is 11.1 Å². The van der Waals surface area contributed by atoms with E-state index in [9.17, 15) is 0 Å². The molecule has 0 aliphatic heterocycles. The molecule has 0 spiro atoms. The maximum Gasteiger partial charge on any atom is 0.246 e. The van der Waals surface area contributed by atoms with E-state index in [0.29, 0.717) is 5.71 Å². The molecule has 0 amide bonds. The Morgan fingerprint density at radius 2 is 1.31 bits per heavy atom. The molecule has 0 atom stereocenters. The highest BCUT2D eigenvalue weighted by Crippen LogP contribution is 2.40. The van der Waals surface area contributed by atoms with Crippen molar-refractivity contribution in [3.63, 3.8) is 0 Å². The Hall–Kier alpha value is -4.54. The van der Waals surface area contributed by atoms with E-state index in [1.807, 2.05) is 35.6 Å². The van der Waals surface area contributed by atoms with Gasteiger partial charge in [0.25, 0.3) is 0 Å². The van der Waals surface area contributed by atoms with Gasteiger partial charge in [-0.3, -0.25) is 0 Å². The van der Waals surface area contributed by atoms with Gasteiger partial charge in [-0.05, 0) is 58.7 Å². The lowest BCUT2D eigenvalue weighted by molar-refractivity contribution is 0.655. The van der Waals surface area contributed by atoms with Crippen LogP contribution < -0.4 is 0 Å². The molecule has 0 aliphatic carbocycles. The molecule has 0 saturated carbocycles. The number of hydrogen-bond donors (Lipinski definition) is 0. The highest BCUT2D eigenvalue weighted by Gasteiger charge is 2.14. The van der Waals surface area contributed by atoms with Crippen molar-refractivity contribution in [2.75, 3.05) is 0 Å². The van der Waals surface area contributed by atoms with Gasteiger partial charge in [-0.2, -0.15) is 0 Å². The summed E-state index contributed by atoms with van der Waals surface area (Å²) >= 11 is 1.86. The Morgan fingerprint density at radius 1 is 0.556 bits per heavy atom. The molecule has 8 aromatic rings. The second kappa shape index (κ2) is 7.48. The third-order valence-electron chi connectivity index (χ3n) is 6.89. The van der Waals surface area contributed by atoms with Crippen LogP contribution >= 0.6 is 11.3 Å². The summed E-state index contributed by atoms with van der Waals surface area (Å²) in [4.78, 5) is 9.50. The van der Waals surface area contributed by atoms with Crippen molar-refractivity contribution in [3.05, 3.63) is 109 Å². The molecule has 0 saturated heterocycles. The van der Waals surface area contributed by atoms with E-state index < -0.39 is 0 Å². The minimum Gasteiger partial charge on any atom is -0.436 e.